The Kier molecular flexibility index (Phi) is 8.27. The highest BCUT2D eigenvalue weighted by Crippen LogP contribution is 2.23. The van der Waals surface area contributed by atoms with Gasteiger partial charge in [-0.3, -0.25) is 9.52 Å². The zero-order chi connectivity index (χ0) is 19.3. The molecule has 6 nitrogen and oxygen atoms in total. The smallest absolute Gasteiger partial charge is 0.262 e. The summed E-state index contributed by atoms with van der Waals surface area (Å²) in [5.74, 6) is -0.193. The topological polar surface area (TPSA) is 101 Å². The predicted molar refractivity (Wildman–Crippen MR) is 112 cm³/mol. The van der Waals surface area contributed by atoms with Gasteiger partial charge in [-0.1, -0.05) is 18.2 Å². The summed E-state index contributed by atoms with van der Waals surface area (Å²) in [4.78, 5) is 12.1. The monoisotopic (exact) mass is 411 g/mol. The molecule has 2 aromatic carbocycles. The third-order valence-corrected chi connectivity index (χ3v) is 5.38. The highest BCUT2D eigenvalue weighted by Gasteiger charge is 2.18. The van der Waals surface area contributed by atoms with Crippen LogP contribution in [0.2, 0.25) is 0 Å². The van der Waals surface area contributed by atoms with Gasteiger partial charge in [0.05, 0.1) is 4.90 Å². The van der Waals surface area contributed by atoms with E-state index in [-0.39, 0.29) is 35.7 Å². The van der Waals surface area contributed by atoms with Crippen molar-refractivity contribution in [2.45, 2.75) is 44.6 Å². The molecule has 0 saturated heterocycles. The number of halogens is 1. The number of sulfonamides is 1. The molecule has 1 unspecified atom stereocenters. The molecule has 2 rings (SSSR count). The minimum absolute atomic E-state index is 0. The van der Waals surface area contributed by atoms with Crippen LogP contribution in [-0.2, 0) is 14.8 Å². The second-order valence-electron chi connectivity index (χ2n) is 6.52. The molecule has 0 aromatic heterocycles. The lowest BCUT2D eigenvalue weighted by Gasteiger charge is -2.13. The Labute approximate surface area is 167 Å². The Bertz CT molecular complexity index is 899. The highest BCUT2D eigenvalue weighted by atomic mass is 35.5. The molecule has 148 valence electrons. The Morgan fingerprint density at radius 3 is 2.44 bits per heavy atom. The van der Waals surface area contributed by atoms with Gasteiger partial charge in [0.2, 0.25) is 5.91 Å². The summed E-state index contributed by atoms with van der Waals surface area (Å²) in [6.45, 7) is 5.44. The fourth-order valence-corrected chi connectivity index (χ4v) is 3.79. The number of carbonyl (C=O) groups is 1. The molecule has 0 saturated carbocycles. The van der Waals surface area contributed by atoms with Crippen molar-refractivity contribution in [1.29, 1.82) is 0 Å². The molecule has 4 N–H and O–H groups in total. The van der Waals surface area contributed by atoms with E-state index in [4.69, 9.17) is 5.73 Å². The largest absolute Gasteiger partial charge is 0.328 e. The van der Waals surface area contributed by atoms with E-state index in [0.29, 0.717) is 23.4 Å². The lowest BCUT2D eigenvalue weighted by Crippen LogP contribution is -2.20. The van der Waals surface area contributed by atoms with Gasteiger partial charge >= 0.3 is 0 Å². The summed E-state index contributed by atoms with van der Waals surface area (Å²) >= 11 is 0. The maximum atomic E-state index is 12.7. The average molecular weight is 412 g/mol. The molecule has 0 bridgehead atoms. The van der Waals surface area contributed by atoms with Gasteiger partial charge < -0.3 is 11.1 Å². The Hall–Kier alpha value is -2.09. The van der Waals surface area contributed by atoms with Crippen LogP contribution in [0.15, 0.2) is 47.4 Å². The quantitative estimate of drug-likeness (QED) is 0.647. The number of rotatable bonds is 7. The van der Waals surface area contributed by atoms with Crippen LogP contribution < -0.4 is 15.8 Å². The fourth-order valence-electron chi connectivity index (χ4n) is 2.47. The van der Waals surface area contributed by atoms with Crippen molar-refractivity contribution in [2.24, 2.45) is 5.73 Å². The van der Waals surface area contributed by atoms with Crippen LogP contribution in [-0.4, -0.2) is 20.4 Å². The van der Waals surface area contributed by atoms with E-state index in [9.17, 15) is 13.2 Å². The van der Waals surface area contributed by atoms with E-state index in [1.807, 2.05) is 19.9 Å². The molecule has 0 spiro atoms. The van der Waals surface area contributed by atoms with E-state index in [0.717, 1.165) is 5.56 Å². The Balaban J connectivity index is 0.00000364. The van der Waals surface area contributed by atoms with E-state index in [1.165, 1.54) is 6.07 Å². The van der Waals surface area contributed by atoms with Crippen molar-refractivity contribution in [1.82, 2.24) is 0 Å². The first-order valence-corrected chi connectivity index (χ1v) is 9.91. The van der Waals surface area contributed by atoms with Crippen LogP contribution in [0, 0.1) is 13.8 Å². The first kappa shape index (κ1) is 23.0. The molecular formula is C19H26ClN3O3S. The first-order chi connectivity index (χ1) is 12.2. The summed E-state index contributed by atoms with van der Waals surface area (Å²) in [6, 6.07) is 11.9. The van der Waals surface area contributed by atoms with Crippen molar-refractivity contribution < 1.29 is 13.2 Å². The fraction of sp³-hybridized carbons (Fsp3) is 0.316. The molecular weight excluding hydrogens is 386 g/mol. The van der Waals surface area contributed by atoms with E-state index >= 15 is 0 Å². The average Bonchev–Trinajstić information content (AvgIpc) is 2.54. The van der Waals surface area contributed by atoms with E-state index in [1.54, 1.807) is 37.3 Å². The second kappa shape index (κ2) is 9.73. The zero-order valence-electron chi connectivity index (χ0n) is 15.7. The number of benzene rings is 2. The standard InChI is InChI=1S/C19H25N3O3S.ClH/c1-13-5-4-6-17(11-13)22-26(24,25)18-12-16(9-7-14(18)2)21-19(23)10-8-15(3)20;/h4-7,9,11-12,15,22H,8,10,20H2,1-3H3,(H,21,23);1H. The molecule has 0 aliphatic rings. The molecule has 8 heteroatoms. The van der Waals surface area contributed by atoms with Crippen LogP contribution in [0.1, 0.15) is 30.9 Å². The Morgan fingerprint density at radius 2 is 1.81 bits per heavy atom. The summed E-state index contributed by atoms with van der Waals surface area (Å²) in [6.07, 6.45) is 0.854. The number of nitrogens with two attached hydrogens (primary N) is 1. The summed E-state index contributed by atoms with van der Waals surface area (Å²) in [7, 11) is -3.77. The van der Waals surface area contributed by atoms with Crippen LogP contribution >= 0.6 is 12.4 Å². The molecule has 0 fully saturated rings. The predicted octanol–water partition coefficient (Wildman–Crippen LogP) is 3.59. The summed E-state index contributed by atoms with van der Waals surface area (Å²) in [5.41, 5.74) is 8.14. The number of nitrogens with one attached hydrogen (secondary N) is 2. The summed E-state index contributed by atoms with van der Waals surface area (Å²) < 4.78 is 28.1. The molecule has 1 amide bonds. The molecule has 0 aliphatic heterocycles. The van der Waals surface area contributed by atoms with Crippen molar-refractivity contribution in [3.05, 3.63) is 53.6 Å². The molecule has 0 aliphatic carbocycles. The zero-order valence-corrected chi connectivity index (χ0v) is 17.3. The van der Waals surface area contributed by atoms with Crippen LogP contribution in [0.5, 0.6) is 0 Å². The van der Waals surface area contributed by atoms with Gasteiger partial charge in [-0.05, 0) is 62.6 Å². The highest BCUT2D eigenvalue weighted by molar-refractivity contribution is 7.92. The maximum Gasteiger partial charge on any atom is 0.262 e. The number of amides is 1. The van der Waals surface area contributed by atoms with Gasteiger partial charge in [-0.25, -0.2) is 8.42 Å². The summed E-state index contributed by atoms with van der Waals surface area (Å²) in [5, 5.41) is 2.72. The number of aryl methyl sites for hydroxylation is 2. The Morgan fingerprint density at radius 1 is 1.11 bits per heavy atom. The van der Waals surface area contributed by atoms with Crippen molar-refractivity contribution in [3.63, 3.8) is 0 Å². The van der Waals surface area contributed by atoms with Gasteiger partial charge in [-0.15, -0.1) is 12.4 Å². The lowest BCUT2D eigenvalue weighted by molar-refractivity contribution is -0.116. The van der Waals surface area contributed by atoms with Gasteiger partial charge in [0.1, 0.15) is 0 Å². The first-order valence-electron chi connectivity index (χ1n) is 8.43. The van der Waals surface area contributed by atoms with Gasteiger partial charge in [-0.2, -0.15) is 0 Å². The maximum absolute atomic E-state index is 12.7. The van der Waals surface area contributed by atoms with Gasteiger partial charge in [0, 0.05) is 23.8 Å². The normalized spacial score (nSPS) is 12.0. The third kappa shape index (κ3) is 6.86. The van der Waals surface area contributed by atoms with Gasteiger partial charge in [0.15, 0.2) is 0 Å². The molecule has 1 atom stereocenters. The number of carbonyl (C=O) groups excluding carboxylic acids is 1. The van der Waals surface area contributed by atoms with Crippen molar-refractivity contribution in [3.8, 4) is 0 Å². The SMILES string of the molecule is Cc1cccc(NS(=O)(=O)c2cc(NC(=O)CCC(C)N)ccc2C)c1.Cl. The molecule has 2 aromatic rings. The van der Waals surface area contributed by atoms with Crippen molar-refractivity contribution in [2.75, 3.05) is 10.0 Å². The van der Waals surface area contributed by atoms with Crippen molar-refractivity contribution >= 4 is 39.7 Å². The minimum Gasteiger partial charge on any atom is -0.328 e. The molecule has 0 heterocycles. The number of hydrogen-bond acceptors (Lipinski definition) is 4. The minimum atomic E-state index is -3.77. The number of anilines is 2. The van der Waals surface area contributed by atoms with Gasteiger partial charge in [0.25, 0.3) is 10.0 Å². The van der Waals surface area contributed by atoms with Crippen LogP contribution in [0.25, 0.3) is 0 Å². The second-order valence-corrected chi connectivity index (χ2v) is 8.17. The lowest BCUT2D eigenvalue weighted by atomic mass is 10.2. The third-order valence-electron chi connectivity index (χ3n) is 3.86. The number of hydrogen-bond donors (Lipinski definition) is 3. The van der Waals surface area contributed by atoms with Crippen LogP contribution in [0.4, 0.5) is 11.4 Å². The van der Waals surface area contributed by atoms with Crippen LogP contribution in [0.3, 0.4) is 0 Å². The molecule has 0 radical (unpaired) electrons. The van der Waals surface area contributed by atoms with E-state index in [2.05, 4.69) is 10.0 Å². The van der Waals surface area contributed by atoms with E-state index < -0.39 is 10.0 Å². The molecule has 27 heavy (non-hydrogen) atoms.